The van der Waals surface area contributed by atoms with Crippen molar-refractivity contribution in [1.82, 2.24) is 19.5 Å². The molecule has 0 amide bonds. The predicted molar refractivity (Wildman–Crippen MR) is 208 cm³/mol. The molecule has 4 aromatic heterocycles. The van der Waals surface area contributed by atoms with Gasteiger partial charge in [-0.05, 0) is 51.9 Å². The SMILES string of the molecule is c1ccc(-c2nc(-n3c4c5[nH]c6ccccc6c5cc5ccc6cc7c8ccccc8sc7c3c6c54)nc3ccc4ccccc4c23)cc1. The Morgan fingerprint density at radius 3 is 2.08 bits per heavy atom. The van der Waals surface area contributed by atoms with Gasteiger partial charge in [-0.1, -0.05) is 109 Å². The van der Waals surface area contributed by atoms with Crippen molar-refractivity contribution in [2.24, 2.45) is 0 Å². The van der Waals surface area contributed by atoms with Crippen LogP contribution in [0.15, 0.2) is 140 Å². The van der Waals surface area contributed by atoms with Crippen LogP contribution in [-0.4, -0.2) is 19.5 Å². The molecule has 0 aliphatic carbocycles. The fraction of sp³-hybridized carbons (Fsp3) is 0. The average Bonchev–Trinajstić information content (AvgIpc) is 3.84. The second kappa shape index (κ2) is 9.19. The number of fused-ring (bicyclic) bond motifs is 11. The standard InChI is InChI=1S/C44H24N4S/c1-2-11-25(12-3-1)39-38-28-13-5-4-10-24(28)20-21-34(38)46-44(47-39)48-41-36-26(22-31-29-14-6-8-16-33(29)45-40(31)41)18-19-27-23-32-30-15-7-9-17-35(30)49-43(32)42(48)37(27)36/h1-23,45H. The van der Waals surface area contributed by atoms with Gasteiger partial charge in [-0.15, -0.1) is 11.3 Å². The third-order valence-electron chi connectivity index (χ3n) is 10.4. The summed E-state index contributed by atoms with van der Waals surface area (Å²) in [5, 5.41) is 13.3. The number of aromatic amines is 1. The summed E-state index contributed by atoms with van der Waals surface area (Å²) < 4.78 is 4.91. The number of nitrogens with one attached hydrogen (secondary N) is 1. The zero-order valence-electron chi connectivity index (χ0n) is 26.0. The van der Waals surface area contributed by atoms with Crippen LogP contribution in [0, 0.1) is 0 Å². The molecule has 12 aromatic rings. The van der Waals surface area contributed by atoms with Crippen molar-refractivity contribution in [1.29, 1.82) is 0 Å². The van der Waals surface area contributed by atoms with Crippen molar-refractivity contribution in [3.05, 3.63) is 140 Å². The molecule has 0 saturated heterocycles. The molecule has 5 heteroatoms. The summed E-state index contributed by atoms with van der Waals surface area (Å²) in [6.07, 6.45) is 0. The number of rotatable bonds is 2. The number of para-hydroxylation sites is 1. The summed E-state index contributed by atoms with van der Waals surface area (Å²) in [5.41, 5.74) is 7.46. The van der Waals surface area contributed by atoms with Crippen molar-refractivity contribution < 1.29 is 0 Å². The average molecular weight is 641 g/mol. The van der Waals surface area contributed by atoms with Crippen LogP contribution < -0.4 is 0 Å². The quantitative estimate of drug-likeness (QED) is 0.191. The Bertz CT molecular complexity index is 3190. The number of aromatic nitrogens is 4. The van der Waals surface area contributed by atoms with Crippen molar-refractivity contribution in [2.45, 2.75) is 0 Å². The lowest BCUT2D eigenvalue weighted by molar-refractivity contribution is 1.02. The van der Waals surface area contributed by atoms with Crippen LogP contribution in [0.2, 0.25) is 0 Å². The summed E-state index contributed by atoms with van der Waals surface area (Å²) in [5.74, 6) is 0.677. The Morgan fingerprint density at radius 2 is 1.20 bits per heavy atom. The Hall–Kier alpha value is -6.30. The molecule has 0 aliphatic rings. The van der Waals surface area contributed by atoms with Gasteiger partial charge in [0.1, 0.15) is 0 Å². The number of hydrogen-bond acceptors (Lipinski definition) is 3. The Morgan fingerprint density at radius 1 is 0.510 bits per heavy atom. The van der Waals surface area contributed by atoms with Crippen LogP contribution in [0.4, 0.5) is 0 Å². The lowest BCUT2D eigenvalue weighted by atomic mass is 9.98. The molecule has 8 aromatic carbocycles. The van der Waals surface area contributed by atoms with Gasteiger partial charge < -0.3 is 4.98 Å². The first-order valence-corrected chi connectivity index (χ1v) is 17.4. The van der Waals surface area contributed by atoms with E-state index in [4.69, 9.17) is 9.97 Å². The van der Waals surface area contributed by atoms with Gasteiger partial charge in [0.05, 0.1) is 32.5 Å². The van der Waals surface area contributed by atoms with E-state index in [-0.39, 0.29) is 0 Å². The van der Waals surface area contributed by atoms with Gasteiger partial charge in [-0.2, -0.15) is 0 Å². The molecule has 4 heterocycles. The van der Waals surface area contributed by atoms with E-state index >= 15 is 0 Å². The molecule has 0 aliphatic heterocycles. The molecule has 1 N–H and O–H groups in total. The number of H-pyrrole nitrogens is 1. The summed E-state index contributed by atoms with van der Waals surface area (Å²) in [6, 6.07) is 50.2. The number of hydrogen-bond donors (Lipinski definition) is 1. The Balaban J connectivity index is 1.36. The summed E-state index contributed by atoms with van der Waals surface area (Å²) in [4.78, 5) is 14.9. The van der Waals surface area contributed by atoms with Crippen LogP contribution in [0.25, 0.3) is 113 Å². The van der Waals surface area contributed by atoms with Crippen LogP contribution in [-0.2, 0) is 0 Å². The van der Waals surface area contributed by atoms with E-state index in [1.54, 1.807) is 0 Å². The lowest BCUT2D eigenvalue weighted by Gasteiger charge is -2.14. The predicted octanol–water partition coefficient (Wildman–Crippen LogP) is 12.1. The minimum Gasteiger partial charge on any atom is -0.353 e. The summed E-state index contributed by atoms with van der Waals surface area (Å²) >= 11 is 1.86. The largest absolute Gasteiger partial charge is 0.353 e. The maximum absolute atomic E-state index is 5.59. The topological polar surface area (TPSA) is 46.5 Å². The highest BCUT2D eigenvalue weighted by Gasteiger charge is 2.26. The fourth-order valence-electron chi connectivity index (χ4n) is 8.36. The molecular weight excluding hydrogens is 617 g/mol. The molecule has 0 fully saturated rings. The van der Waals surface area contributed by atoms with E-state index in [1.165, 1.54) is 63.4 Å². The molecule has 49 heavy (non-hydrogen) atoms. The van der Waals surface area contributed by atoms with Gasteiger partial charge in [0.15, 0.2) is 0 Å². The monoisotopic (exact) mass is 640 g/mol. The van der Waals surface area contributed by atoms with Crippen LogP contribution in [0.5, 0.6) is 0 Å². The van der Waals surface area contributed by atoms with Crippen LogP contribution >= 0.6 is 11.3 Å². The first kappa shape index (κ1) is 25.7. The van der Waals surface area contributed by atoms with E-state index < -0.39 is 0 Å². The smallest absolute Gasteiger partial charge is 0.235 e. The number of thiophene rings is 1. The molecule has 0 atom stereocenters. The third-order valence-corrected chi connectivity index (χ3v) is 11.6. The molecule has 226 valence electrons. The first-order valence-electron chi connectivity index (χ1n) is 16.6. The summed E-state index contributed by atoms with van der Waals surface area (Å²) in [6.45, 7) is 0. The van der Waals surface area contributed by atoms with E-state index in [9.17, 15) is 0 Å². The van der Waals surface area contributed by atoms with Gasteiger partial charge in [-0.3, -0.25) is 4.57 Å². The molecular formula is C44H24N4S. The van der Waals surface area contributed by atoms with Crippen molar-refractivity contribution in [3.8, 4) is 17.2 Å². The van der Waals surface area contributed by atoms with Crippen LogP contribution in [0.1, 0.15) is 0 Å². The molecule has 0 unspecified atom stereocenters. The fourth-order valence-corrected chi connectivity index (χ4v) is 9.59. The second-order valence-electron chi connectivity index (χ2n) is 13.0. The summed E-state index contributed by atoms with van der Waals surface area (Å²) in [7, 11) is 0. The van der Waals surface area contributed by atoms with E-state index in [0.717, 1.165) is 44.1 Å². The molecule has 0 saturated carbocycles. The van der Waals surface area contributed by atoms with Gasteiger partial charge in [0.2, 0.25) is 5.95 Å². The number of benzene rings is 8. The molecule has 0 bridgehead atoms. The van der Waals surface area contributed by atoms with Gasteiger partial charge in [0, 0.05) is 53.5 Å². The maximum atomic E-state index is 5.59. The third kappa shape index (κ3) is 3.32. The van der Waals surface area contributed by atoms with Gasteiger partial charge in [0.25, 0.3) is 0 Å². The van der Waals surface area contributed by atoms with Gasteiger partial charge in [-0.25, -0.2) is 9.97 Å². The zero-order valence-corrected chi connectivity index (χ0v) is 26.8. The van der Waals surface area contributed by atoms with Crippen molar-refractivity contribution >= 4 is 108 Å². The highest BCUT2D eigenvalue weighted by atomic mass is 32.1. The number of nitrogens with zero attached hydrogens (tertiary/aromatic N) is 3. The van der Waals surface area contributed by atoms with Gasteiger partial charge >= 0.3 is 0 Å². The highest BCUT2D eigenvalue weighted by molar-refractivity contribution is 7.26. The Kier molecular flexibility index (Phi) is 4.83. The zero-order chi connectivity index (χ0) is 31.8. The van der Waals surface area contributed by atoms with Crippen molar-refractivity contribution in [2.75, 3.05) is 0 Å². The first-order chi connectivity index (χ1) is 24.3. The normalized spacial score (nSPS) is 12.5. The molecule has 12 rings (SSSR count). The highest BCUT2D eigenvalue weighted by Crippen LogP contribution is 2.49. The lowest BCUT2D eigenvalue weighted by Crippen LogP contribution is -2.04. The minimum atomic E-state index is 0.677. The minimum absolute atomic E-state index is 0.677. The maximum Gasteiger partial charge on any atom is 0.235 e. The van der Waals surface area contributed by atoms with Crippen LogP contribution in [0.3, 0.4) is 0 Å². The molecule has 4 nitrogen and oxygen atoms in total. The molecule has 0 radical (unpaired) electrons. The molecule has 0 spiro atoms. The Labute approximate surface area is 282 Å². The second-order valence-corrected chi connectivity index (χ2v) is 14.1. The van der Waals surface area contributed by atoms with Crippen molar-refractivity contribution in [3.63, 3.8) is 0 Å². The van der Waals surface area contributed by atoms with E-state index in [1.807, 2.05) is 11.3 Å². The van der Waals surface area contributed by atoms with E-state index in [0.29, 0.717) is 5.95 Å². The van der Waals surface area contributed by atoms with E-state index in [2.05, 4.69) is 149 Å².